The Bertz CT molecular complexity index is 779. The van der Waals surface area contributed by atoms with E-state index in [1.807, 2.05) is 29.2 Å². The number of ether oxygens (including phenoxy) is 1. The summed E-state index contributed by atoms with van der Waals surface area (Å²) < 4.78 is 6.81. The Labute approximate surface area is 152 Å². The molecule has 138 valence electrons. The van der Waals surface area contributed by atoms with Crippen molar-refractivity contribution in [2.75, 3.05) is 20.2 Å². The minimum atomic E-state index is -0.112. The standard InChI is InChI=1S/C19H24N4O3/c1-22-13-15(12-20-22)19(25)21-16-6-8-23(9-7-16)18(24)11-14-4-3-5-17(10-14)26-2/h3-5,10,12-13,16H,6-9,11H2,1-2H3,(H,21,25). The first-order valence-corrected chi connectivity index (χ1v) is 8.75. The molecular formula is C19H24N4O3. The van der Waals surface area contributed by atoms with Crippen molar-refractivity contribution < 1.29 is 14.3 Å². The van der Waals surface area contributed by atoms with Crippen molar-refractivity contribution in [3.05, 3.63) is 47.8 Å². The zero-order chi connectivity index (χ0) is 18.5. The van der Waals surface area contributed by atoms with Gasteiger partial charge in [0.15, 0.2) is 0 Å². The molecule has 1 aromatic carbocycles. The number of likely N-dealkylation sites (tertiary alicyclic amines) is 1. The Morgan fingerprint density at radius 3 is 2.73 bits per heavy atom. The molecule has 2 aromatic rings. The number of nitrogens with one attached hydrogen (secondary N) is 1. The first-order chi connectivity index (χ1) is 12.5. The summed E-state index contributed by atoms with van der Waals surface area (Å²) in [4.78, 5) is 26.6. The van der Waals surface area contributed by atoms with Gasteiger partial charge in [-0.3, -0.25) is 14.3 Å². The predicted molar refractivity (Wildman–Crippen MR) is 97.0 cm³/mol. The van der Waals surface area contributed by atoms with Crippen molar-refractivity contribution in [3.8, 4) is 5.75 Å². The number of rotatable bonds is 5. The minimum Gasteiger partial charge on any atom is -0.497 e. The summed E-state index contributed by atoms with van der Waals surface area (Å²) in [6.07, 6.45) is 5.14. The zero-order valence-electron chi connectivity index (χ0n) is 15.1. The van der Waals surface area contributed by atoms with E-state index in [1.165, 1.54) is 0 Å². The van der Waals surface area contributed by atoms with Crippen molar-refractivity contribution >= 4 is 11.8 Å². The molecule has 1 N–H and O–H groups in total. The van der Waals surface area contributed by atoms with Crippen LogP contribution >= 0.6 is 0 Å². The molecule has 2 amide bonds. The third-order valence-corrected chi connectivity index (χ3v) is 4.64. The van der Waals surface area contributed by atoms with E-state index >= 15 is 0 Å². The summed E-state index contributed by atoms with van der Waals surface area (Å²) in [6.45, 7) is 1.31. The predicted octanol–water partition coefficient (Wildman–Crippen LogP) is 1.39. The fourth-order valence-electron chi connectivity index (χ4n) is 3.15. The Morgan fingerprint density at radius 2 is 2.08 bits per heavy atom. The molecule has 7 heteroatoms. The lowest BCUT2D eigenvalue weighted by molar-refractivity contribution is -0.131. The first kappa shape index (κ1) is 18.0. The molecule has 1 fully saturated rings. The molecule has 3 rings (SSSR count). The Balaban J connectivity index is 1.48. The lowest BCUT2D eigenvalue weighted by atomic mass is 10.0. The van der Waals surface area contributed by atoms with Crippen LogP contribution in [0.5, 0.6) is 5.75 Å². The second-order valence-electron chi connectivity index (χ2n) is 6.56. The average Bonchev–Trinajstić information content (AvgIpc) is 3.09. The molecule has 1 aromatic heterocycles. The minimum absolute atomic E-state index is 0.0866. The highest BCUT2D eigenvalue weighted by Gasteiger charge is 2.24. The summed E-state index contributed by atoms with van der Waals surface area (Å²) in [5.74, 6) is 0.752. The molecule has 0 aliphatic carbocycles. The van der Waals surface area contributed by atoms with Crippen LogP contribution in [0.2, 0.25) is 0 Å². The highest BCUT2D eigenvalue weighted by atomic mass is 16.5. The molecule has 26 heavy (non-hydrogen) atoms. The van der Waals surface area contributed by atoms with E-state index in [0.29, 0.717) is 25.1 Å². The lowest BCUT2D eigenvalue weighted by Gasteiger charge is -2.32. The van der Waals surface area contributed by atoms with Crippen LogP contribution in [0, 0.1) is 0 Å². The topological polar surface area (TPSA) is 76.5 Å². The molecule has 1 aliphatic rings. The highest BCUT2D eigenvalue weighted by Crippen LogP contribution is 2.16. The largest absolute Gasteiger partial charge is 0.497 e. The highest BCUT2D eigenvalue weighted by molar-refractivity contribution is 5.93. The maximum atomic E-state index is 12.5. The van der Waals surface area contributed by atoms with Crippen LogP contribution in [0.15, 0.2) is 36.7 Å². The summed E-state index contributed by atoms with van der Waals surface area (Å²) in [6, 6.07) is 7.66. The van der Waals surface area contributed by atoms with E-state index in [-0.39, 0.29) is 17.9 Å². The number of piperidine rings is 1. The number of hydrogen-bond acceptors (Lipinski definition) is 4. The second kappa shape index (κ2) is 8.03. The third kappa shape index (κ3) is 4.41. The van der Waals surface area contributed by atoms with Gasteiger partial charge in [-0.15, -0.1) is 0 Å². The van der Waals surface area contributed by atoms with Crippen molar-refractivity contribution in [1.29, 1.82) is 0 Å². The molecule has 7 nitrogen and oxygen atoms in total. The lowest BCUT2D eigenvalue weighted by Crippen LogP contribution is -2.46. The maximum Gasteiger partial charge on any atom is 0.254 e. The summed E-state index contributed by atoms with van der Waals surface area (Å²) >= 11 is 0. The van der Waals surface area contributed by atoms with Gasteiger partial charge in [-0.2, -0.15) is 5.10 Å². The number of carbonyl (C=O) groups is 2. The van der Waals surface area contributed by atoms with E-state index in [4.69, 9.17) is 4.74 Å². The average molecular weight is 356 g/mol. The van der Waals surface area contributed by atoms with Crippen molar-refractivity contribution in [1.82, 2.24) is 20.0 Å². The maximum absolute atomic E-state index is 12.5. The second-order valence-corrected chi connectivity index (χ2v) is 6.56. The molecule has 0 radical (unpaired) electrons. The van der Waals surface area contributed by atoms with Crippen molar-refractivity contribution in [3.63, 3.8) is 0 Å². The van der Waals surface area contributed by atoms with Gasteiger partial charge in [0.25, 0.3) is 5.91 Å². The number of aryl methyl sites for hydroxylation is 1. The van der Waals surface area contributed by atoms with Gasteiger partial charge in [0.05, 0.1) is 25.3 Å². The van der Waals surface area contributed by atoms with Crippen LogP contribution < -0.4 is 10.1 Å². The molecule has 1 aliphatic heterocycles. The van der Waals surface area contributed by atoms with Gasteiger partial charge in [-0.05, 0) is 30.5 Å². The summed E-state index contributed by atoms with van der Waals surface area (Å²) in [5.41, 5.74) is 1.50. The van der Waals surface area contributed by atoms with Crippen LogP contribution in [-0.2, 0) is 18.3 Å². The van der Waals surface area contributed by atoms with E-state index in [9.17, 15) is 9.59 Å². The van der Waals surface area contributed by atoms with Crippen LogP contribution in [0.1, 0.15) is 28.8 Å². The van der Waals surface area contributed by atoms with Gasteiger partial charge in [0.2, 0.25) is 5.91 Å². The molecule has 0 bridgehead atoms. The Kier molecular flexibility index (Phi) is 5.55. The van der Waals surface area contributed by atoms with Crippen molar-refractivity contribution in [2.24, 2.45) is 7.05 Å². The van der Waals surface area contributed by atoms with E-state index in [0.717, 1.165) is 24.2 Å². The van der Waals surface area contributed by atoms with Gasteiger partial charge < -0.3 is 15.0 Å². The first-order valence-electron chi connectivity index (χ1n) is 8.75. The van der Waals surface area contributed by atoms with Crippen LogP contribution in [0.4, 0.5) is 0 Å². The molecule has 1 saturated heterocycles. The smallest absolute Gasteiger partial charge is 0.254 e. The van der Waals surface area contributed by atoms with Crippen LogP contribution in [0.25, 0.3) is 0 Å². The SMILES string of the molecule is COc1cccc(CC(=O)N2CCC(NC(=O)c3cnn(C)c3)CC2)c1. The van der Waals surface area contributed by atoms with Crippen LogP contribution in [-0.4, -0.2) is 52.7 Å². The van der Waals surface area contributed by atoms with E-state index in [1.54, 1.807) is 31.2 Å². The number of aromatic nitrogens is 2. The van der Waals surface area contributed by atoms with Gasteiger partial charge in [0, 0.05) is 32.4 Å². The van der Waals surface area contributed by atoms with E-state index in [2.05, 4.69) is 10.4 Å². The van der Waals surface area contributed by atoms with Gasteiger partial charge in [-0.25, -0.2) is 0 Å². The molecule has 0 unspecified atom stereocenters. The van der Waals surface area contributed by atoms with Gasteiger partial charge in [0.1, 0.15) is 5.75 Å². The monoisotopic (exact) mass is 356 g/mol. The molecule has 0 spiro atoms. The molecule has 0 saturated carbocycles. The Hall–Kier alpha value is -2.83. The number of methoxy groups -OCH3 is 1. The number of benzene rings is 1. The van der Waals surface area contributed by atoms with E-state index < -0.39 is 0 Å². The normalized spacial score (nSPS) is 14.9. The van der Waals surface area contributed by atoms with Gasteiger partial charge >= 0.3 is 0 Å². The number of hydrogen-bond donors (Lipinski definition) is 1. The summed E-state index contributed by atoms with van der Waals surface area (Å²) in [7, 11) is 3.40. The molecular weight excluding hydrogens is 332 g/mol. The molecule has 2 heterocycles. The van der Waals surface area contributed by atoms with Crippen LogP contribution in [0.3, 0.4) is 0 Å². The quantitative estimate of drug-likeness (QED) is 0.878. The zero-order valence-corrected chi connectivity index (χ0v) is 15.1. The Morgan fingerprint density at radius 1 is 1.31 bits per heavy atom. The number of amides is 2. The fraction of sp³-hybridized carbons (Fsp3) is 0.421. The number of carbonyl (C=O) groups excluding carboxylic acids is 2. The number of nitrogens with zero attached hydrogens (tertiary/aromatic N) is 3. The fourth-order valence-corrected chi connectivity index (χ4v) is 3.15. The van der Waals surface area contributed by atoms with Gasteiger partial charge in [-0.1, -0.05) is 12.1 Å². The van der Waals surface area contributed by atoms with Crippen molar-refractivity contribution in [2.45, 2.75) is 25.3 Å². The summed E-state index contributed by atoms with van der Waals surface area (Å²) in [5, 5.41) is 7.04. The third-order valence-electron chi connectivity index (χ3n) is 4.64. The molecule has 0 atom stereocenters.